The van der Waals surface area contributed by atoms with Crippen LogP contribution in [0.15, 0.2) is 18.2 Å². The molecule has 0 saturated carbocycles. The molecule has 3 amide bonds. The van der Waals surface area contributed by atoms with Crippen LogP contribution < -0.4 is 5.32 Å². The van der Waals surface area contributed by atoms with Crippen molar-refractivity contribution in [1.29, 1.82) is 0 Å². The van der Waals surface area contributed by atoms with Crippen molar-refractivity contribution in [3.8, 4) is 0 Å². The van der Waals surface area contributed by atoms with Crippen molar-refractivity contribution < 1.29 is 23.1 Å². The Balaban J connectivity index is 1.59. The average molecular weight is 424 g/mol. The summed E-state index contributed by atoms with van der Waals surface area (Å²) in [4.78, 5) is 30.4. The van der Waals surface area contributed by atoms with Gasteiger partial charge in [0, 0.05) is 71.1 Å². The van der Waals surface area contributed by atoms with Crippen LogP contribution in [0.1, 0.15) is 29.6 Å². The van der Waals surface area contributed by atoms with Crippen LogP contribution in [0.5, 0.6) is 0 Å². The fourth-order valence-electron chi connectivity index (χ4n) is 4.19. The minimum atomic E-state index is -1.04. The number of rotatable bonds is 6. The minimum absolute atomic E-state index is 0.0102. The Morgan fingerprint density at radius 3 is 2.53 bits per heavy atom. The van der Waals surface area contributed by atoms with Crippen molar-refractivity contribution in [2.45, 2.75) is 31.3 Å². The lowest BCUT2D eigenvalue weighted by molar-refractivity contribution is 0.0188. The summed E-state index contributed by atoms with van der Waals surface area (Å²) in [6.07, 6.45) is 2.71. The summed E-state index contributed by atoms with van der Waals surface area (Å²) in [5, 5.41) is 2.80. The standard InChI is InChI=1S/C21H30F2N4O3/c1-25(2)21(29)26-9-5-17(14-26)27(16-6-11-30-12-7-16)10-8-24-20(28)15-3-4-18(22)19(23)13-15/h3-4,13,16-17H,5-12,14H2,1-2H3,(H,24,28). The van der Waals surface area contributed by atoms with Crippen LogP contribution in [0.2, 0.25) is 0 Å². The number of nitrogens with zero attached hydrogens (tertiary/aromatic N) is 3. The first-order valence-corrected chi connectivity index (χ1v) is 10.4. The van der Waals surface area contributed by atoms with Crippen molar-refractivity contribution in [3.05, 3.63) is 35.4 Å². The van der Waals surface area contributed by atoms with E-state index in [0.717, 1.165) is 31.4 Å². The Hall–Kier alpha value is -2.26. The van der Waals surface area contributed by atoms with E-state index in [2.05, 4.69) is 10.2 Å². The third-order valence-corrected chi connectivity index (χ3v) is 5.78. The number of ether oxygens (including phenoxy) is 1. The van der Waals surface area contributed by atoms with E-state index >= 15 is 0 Å². The van der Waals surface area contributed by atoms with Crippen molar-refractivity contribution >= 4 is 11.9 Å². The largest absolute Gasteiger partial charge is 0.381 e. The molecule has 2 saturated heterocycles. The van der Waals surface area contributed by atoms with Gasteiger partial charge in [0.15, 0.2) is 11.6 Å². The number of carbonyl (C=O) groups excluding carboxylic acids is 2. The molecule has 2 fully saturated rings. The number of benzene rings is 1. The third-order valence-electron chi connectivity index (χ3n) is 5.78. The van der Waals surface area contributed by atoms with E-state index in [1.807, 2.05) is 4.90 Å². The summed E-state index contributed by atoms with van der Waals surface area (Å²) in [6, 6.07) is 3.69. The van der Waals surface area contributed by atoms with Crippen molar-refractivity contribution in [1.82, 2.24) is 20.0 Å². The van der Waals surface area contributed by atoms with Gasteiger partial charge >= 0.3 is 6.03 Å². The molecule has 2 aliphatic heterocycles. The van der Waals surface area contributed by atoms with Crippen LogP contribution in [0.3, 0.4) is 0 Å². The summed E-state index contributed by atoms with van der Waals surface area (Å²) in [5.41, 5.74) is 0.0927. The van der Waals surface area contributed by atoms with Gasteiger partial charge in [-0.3, -0.25) is 9.69 Å². The van der Waals surface area contributed by atoms with Crippen LogP contribution in [-0.2, 0) is 4.74 Å². The van der Waals surface area contributed by atoms with Crippen LogP contribution in [-0.4, -0.2) is 92.2 Å². The summed E-state index contributed by atoms with van der Waals surface area (Å²) >= 11 is 0. The molecule has 0 bridgehead atoms. The summed E-state index contributed by atoms with van der Waals surface area (Å²) in [5.74, 6) is -2.45. The van der Waals surface area contributed by atoms with Crippen molar-refractivity contribution in [2.24, 2.45) is 0 Å². The van der Waals surface area contributed by atoms with Gasteiger partial charge in [-0.25, -0.2) is 13.6 Å². The molecular formula is C21H30F2N4O3. The van der Waals surface area contributed by atoms with Crippen molar-refractivity contribution in [2.75, 3.05) is 53.5 Å². The van der Waals surface area contributed by atoms with E-state index < -0.39 is 17.5 Å². The van der Waals surface area contributed by atoms with E-state index in [9.17, 15) is 18.4 Å². The lowest BCUT2D eigenvalue weighted by Crippen LogP contribution is -2.50. The van der Waals surface area contributed by atoms with Crippen LogP contribution >= 0.6 is 0 Å². The minimum Gasteiger partial charge on any atom is -0.381 e. The predicted molar refractivity (Wildman–Crippen MR) is 108 cm³/mol. The highest BCUT2D eigenvalue weighted by Crippen LogP contribution is 2.23. The van der Waals surface area contributed by atoms with Crippen LogP contribution in [0.25, 0.3) is 0 Å². The van der Waals surface area contributed by atoms with E-state index in [4.69, 9.17) is 4.74 Å². The summed E-state index contributed by atoms with van der Waals surface area (Å²) in [7, 11) is 3.50. The molecular weight excluding hydrogens is 394 g/mol. The Morgan fingerprint density at radius 2 is 1.87 bits per heavy atom. The molecule has 9 heteroatoms. The zero-order chi connectivity index (χ0) is 21.7. The maximum absolute atomic E-state index is 13.4. The molecule has 2 heterocycles. The van der Waals surface area contributed by atoms with Gasteiger partial charge in [0.2, 0.25) is 0 Å². The van der Waals surface area contributed by atoms with Gasteiger partial charge in [-0.2, -0.15) is 0 Å². The second kappa shape index (κ2) is 10.2. The van der Waals surface area contributed by atoms with Crippen molar-refractivity contribution in [3.63, 3.8) is 0 Å². The number of amides is 3. The van der Waals surface area contributed by atoms with Crippen LogP contribution in [0, 0.1) is 11.6 Å². The topological polar surface area (TPSA) is 65.1 Å². The SMILES string of the molecule is CN(C)C(=O)N1CCC(N(CCNC(=O)c2ccc(F)c(F)c2)C2CCOCC2)C1. The van der Waals surface area contributed by atoms with E-state index in [1.54, 1.807) is 19.0 Å². The third kappa shape index (κ3) is 5.46. The highest BCUT2D eigenvalue weighted by atomic mass is 19.2. The number of hydrogen-bond acceptors (Lipinski definition) is 4. The van der Waals surface area contributed by atoms with Gasteiger partial charge in [-0.05, 0) is 37.5 Å². The Labute approximate surface area is 175 Å². The molecule has 30 heavy (non-hydrogen) atoms. The average Bonchev–Trinajstić information content (AvgIpc) is 3.22. The predicted octanol–water partition coefficient (Wildman–Crippen LogP) is 1.93. The second-order valence-electron chi connectivity index (χ2n) is 8.03. The number of nitrogens with one attached hydrogen (secondary N) is 1. The molecule has 1 aromatic carbocycles. The Kier molecular flexibility index (Phi) is 7.60. The number of urea groups is 1. The lowest BCUT2D eigenvalue weighted by Gasteiger charge is -2.38. The molecule has 1 atom stereocenters. The van der Waals surface area contributed by atoms with E-state index in [0.29, 0.717) is 45.4 Å². The van der Waals surface area contributed by atoms with Gasteiger partial charge in [0.25, 0.3) is 5.91 Å². The molecule has 3 rings (SSSR count). The first-order chi connectivity index (χ1) is 14.4. The Morgan fingerprint density at radius 1 is 1.13 bits per heavy atom. The monoisotopic (exact) mass is 424 g/mol. The molecule has 166 valence electrons. The molecule has 0 radical (unpaired) electrons. The molecule has 0 aliphatic carbocycles. The number of carbonyl (C=O) groups is 2. The molecule has 0 aromatic heterocycles. The lowest BCUT2D eigenvalue weighted by atomic mass is 10.0. The molecule has 2 aliphatic rings. The second-order valence-corrected chi connectivity index (χ2v) is 8.03. The van der Waals surface area contributed by atoms with Gasteiger partial charge in [0.05, 0.1) is 0 Å². The molecule has 0 spiro atoms. The fourth-order valence-corrected chi connectivity index (χ4v) is 4.19. The molecule has 1 N–H and O–H groups in total. The maximum Gasteiger partial charge on any atom is 0.319 e. The van der Waals surface area contributed by atoms with E-state index in [-0.39, 0.29) is 17.6 Å². The van der Waals surface area contributed by atoms with Gasteiger partial charge in [-0.1, -0.05) is 0 Å². The van der Waals surface area contributed by atoms with E-state index in [1.165, 1.54) is 6.07 Å². The number of likely N-dealkylation sites (tertiary alicyclic amines) is 1. The first kappa shape index (κ1) is 22.4. The first-order valence-electron chi connectivity index (χ1n) is 10.4. The molecule has 1 aromatic rings. The van der Waals surface area contributed by atoms with Gasteiger partial charge < -0.3 is 19.9 Å². The molecule has 7 nitrogen and oxygen atoms in total. The van der Waals surface area contributed by atoms with Crippen LogP contribution in [0.4, 0.5) is 13.6 Å². The number of hydrogen-bond donors (Lipinski definition) is 1. The smallest absolute Gasteiger partial charge is 0.319 e. The normalized spacial score (nSPS) is 19.9. The highest BCUT2D eigenvalue weighted by molar-refractivity contribution is 5.94. The zero-order valence-corrected chi connectivity index (χ0v) is 17.6. The quantitative estimate of drug-likeness (QED) is 0.758. The highest BCUT2D eigenvalue weighted by Gasteiger charge is 2.34. The molecule has 1 unspecified atom stereocenters. The number of halogens is 2. The zero-order valence-electron chi connectivity index (χ0n) is 17.6. The summed E-state index contributed by atoms with van der Waals surface area (Å²) in [6.45, 7) is 3.78. The van der Waals surface area contributed by atoms with Gasteiger partial charge in [-0.15, -0.1) is 0 Å². The fraction of sp³-hybridized carbons (Fsp3) is 0.619. The maximum atomic E-state index is 13.4. The summed E-state index contributed by atoms with van der Waals surface area (Å²) < 4.78 is 32.0. The Bertz CT molecular complexity index is 756. The van der Waals surface area contributed by atoms with Gasteiger partial charge in [0.1, 0.15) is 0 Å².